The Hall–Kier alpha value is -2.54. The second-order valence-corrected chi connectivity index (χ2v) is 7.05. The molecule has 0 radical (unpaired) electrons. The maximum absolute atomic E-state index is 12.3. The van der Waals surface area contributed by atoms with Crippen LogP contribution in [0.5, 0.6) is 0 Å². The molecule has 0 heterocycles. The maximum atomic E-state index is 12.3. The molecule has 0 saturated heterocycles. The van der Waals surface area contributed by atoms with E-state index in [-0.39, 0.29) is 17.8 Å². The number of carbonyl (C=O) groups is 1. The van der Waals surface area contributed by atoms with Crippen LogP contribution in [0.3, 0.4) is 0 Å². The number of nitro benzene ring substituents is 1. The summed E-state index contributed by atoms with van der Waals surface area (Å²) in [6, 6.07) is 16.1. The third-order valence-corrected chi connectivity index (χ3v) is 5.17. The summed E-state index contributed by atoms with van der Waals surface area (Å²) in [7, 11) is 1.69. The van der Waals surface area contributed by atoms with Gasteiger partial charge >= 0.3 is 6.03 Å². The quantitative estimate of drug-likeness (QED) is 0.320. The van der Waals surface area contributed by atoms with Gasteiger partial charge in [-0.25, -0.2) is 4.79 Å². The van der Waals surface area contributed by atoms with Crippen molar-refractivity contribution in [3.63, 3.8) is 0 Å². The van der Waals surface area contributed by atoms with Gasteiger partial charge < -0.3 is 10.2 Å². The molecule has 0 aromatic heterocycles. The number of hydrogen-bond donors (Lipinski definition) is 1. The summed E-state index contributed by atoms with van der Waals surface area (Å²) < 4.78 is 0. The molecular formula is C19H23N3O3S. The zero-order valence-electron chi connectivity index (χ0n) is 14.9. The third-order valence-electron chi connectivity index (χ3n) is 4.07. The predicted octanol–water partition coefficient (Wildman–Crippen LogP) is 4.48. The van der Waals surface area contributed by atoms with Crippen LogP contribution < -0.4 is 5.32 Å². The number of benzene rings is 2. The van der Waals surface area contributed by atoms with E-state index in [1.54, 1.807) is 35.8 Å². The second-order valence-electron chi connectivity index (χ2n) is 5.89. The summed E-state index contributed by atoms with van der Waals surface area (Å²) in [5.74, 6) is 0.925. The van der Waals surface area contributed by atoms with Gasteiger partial charge in [-0.3, -0.25) is 10.1 Å². The van der Waals surface area contributed by atoms with E-state index < -0.39 is 4.92 Å². The van der Waals surface area contributed by atoms with Crippen molar-refractivity contribution in [2.24, 2.45) is 0 Å². The predicted molar refractivity (Wildman–Crippen MR) is 104 cm³/mol. The topological polar surface area (TPSA) is 75.5 Å². The first-order valence-corrected chi connectivity index (χ1v) is 9.40. The number of hydrogen-bond acceptors (Lipinski definition) is 4. The van der Waals surface area contributed by atoms with E-state index >= 15 is 0 Å². The highest BCUT2D eigenvalue weighted by molar-refractivity contribution is 7.99. The number of nitrogens with zero attached hydrogens (tertiary/aromatic N) is 2. The molecule has 2 aromatic rings. The van der Waals surface area contributed by atoms with Gasteiger partial charge in [0.05, 0.1) is 11.0 Å². The zero-order valence-corrected chi connectivity index (χ0v) is 15.7. The Kier molecular flexibility index (Phi) is 7.47. The fourth-order valence-electron chi connectivity index (χ4n) is 2.40. The molecule has 0 spiro atoms. The average molecular weight is 373 g/mol. The van der Waals surface area contributed by atoms with Crippen molar-refractivity contribution in [2.45, 2.75) is 24.3 Å². The molecule has 0 aliphatic rings. The normalized spacial score (nSPS) is 11.6. The lowest BCUT2D eigenvalue weighted by molar-refractivity contribution is -0.384. The largest absolute Gasteiger partial charge is 0.338 e. The third kappa shape index (κ3) is 5.77. The highest BCUT2D eigenvalue weighted by Gasteiger charge is 2.18. The minimum absolute atomic E-state index is 0.0288. The molecule has 2 rings (SSSR count). The van der Waals surface area contributed by atoms with Gasteiger partial charge in [0.15, 0.2) is 0 Å². The van der Waals surface area contributed by atoms with Gasteiger partial charge in [0.2, 0.25) is 0 Å². The highest BCUT2D eigenvalue weighted by Crippen LogP contribution is 2.23. The van der Waals surface area contributed by atoms with Crippen molar-refractivity contribution in [1.82, 2.24) is 10.2 Å². The lowest BCUT2D eigenvalue weighted by Gasteiger charge is -2.25. The SMILES string of the molecule is CC(c1cccc([N+](=O)[O-])c1)N(C)C(=O)NCCCSc1ccccc1. The lowest BCUT2D eigenvalue weighted by Crippen LogP contribution is -2.39. The van der Waals surface area contributed by atoms with Crippen molar-refractivity contribution in [2.75, 3.05) is 19.3 Å². The summed E-state index contributed by atoms with van der Waals surface area (Å²) in [6.07, 6.45) is 0.865. The fourth-order valence-corrected chi connectivity index (χ4v) is 3.27. The van der Waals surface area contributed by atoms with Crippen LogP contribution in [0.25, 0.3) is 0 Å². The van der Waals surface area contributed by atoms with Crippen LogP contribution in [0, 0.1) is 10.1 Å². The molecule has 1 N–H and O–H groups in total. The molecule has 1 atom stereocenters. The van der Waals surface area contributed by atoms with Crippen LogP contribution in [0.2, 0.25) is 0 Å². The Labute approximate surface area is 157 Å². The number of non-ortho nitro benzene ring substituents is 1. The molecule has 0 aliphatic carbocycles. The molecule has 0 fully saturated rings. The summed E-state index contributed by atoms with van der Waals surface area (Å²) in [4.78, 5) is 25.5. The molecule has 138 valence electrons. The van der Waals surface area contributed by atoms with E-state index in [2.05, 4.69) is 17.4 Å². The van der Waals surface area contributed by atoms with Crippen LogP contribution in [-0.2, 0) is 0 Å². The number of rotatable bonds is 8. The molecule has 0 aliphatic heterocycles. The summed E-state index contributed by atoms with van der Waals surface area (Å²) in [6.45, 7) is 2.44. The first kappa shape index (κ1) is 19.8. The van der Waals surface area contributed by atoms with Gasteiger partial charge in [-0.1, -0.05) is 30.3 Å². The van der Waals surface area contributed by atoms with Crippen LogP contribution in [0.15, 0.2) is 59.5 Å². The molecule has 6 nitrogen and oxygen atoms in total. The standard InChI is InChI=1S/C19H23N3O3S/c1-15(16-8-6-9-17(14-16)22(24)25)21(2)19(23)20-12-7-13-26-18-10-4-3-5-11-18/h3-6,8-11,14-15H,7,12-13H2,1-2H3,(H,20,23). The van der Waals surface area contributed by atoms with Crippen molar-refractivity contribution in [3.8, 4) is 0 Å². The molecule has 0 bridgehead atoms. The second kappa shape index (κ2) is 9.82. The smallest absolute Gasteiger partial charge is 0.317 e. The Morgan fingerprint density at radius 1 is 1.23 bits per heavy atom. The molecule has 0 saturated carbocycles. The number of amides is 2. The number of thioether (sulfide) groups is 1. The molecule has 26 heavy (non-hydrogen) atoms. The van der Waals surface area contributed by atoms with Crippen molar-refractivity contribution in [1.29, 1.82) is 0 Å². The van der Waals surface area contributed by atoms with Gasteiger partial charge in [-0.05, 0) is 36.8 Å². The Balaban J connectivity index is 1.77. The van der Waals surface area contributed by atoms with E-state index in [0.717, 1.165) is 17.7 Å². The molecule has 2 amide bonds. The van der Waals surface area contributed by atoms with Gasteiger partial charge in [0, 0.05) is 30.6 Å². The minimum atomic E-state index is -0.430. The molecular weight excluding hydrogens is 350 g/mol. The zero-order chi connectivity index (χ0) is 18.9. The monoisotopic (exact) mass is 373 g/mol. The average Bonchev–Trinajstić information content (AvgIpc) is 2.67. The summed E-state index contributed by atoms with van der Waals surface area (Å²) in [5.41, 5.74) is 0.762. The van der Waals surface area contributed by atoms with Crippen LogP contribution in [0.4, 0.5) is 10.5 Å². The van der Waals surface area contributed by atoms with Crippen molar-refractivity contribution < 1.29 is 9.72 Å². The van der Waals surface area contributed by atoms with E-state index in [1.807, 2.05) is 25.1 Å². The number of urea groups is 1. The molecule has 2 aromatic carbocycles. The number of nitrogens with one attached hydrogen (secondary N) is 1. The Morgan fingerprint density at radius 3 is 2.65 bits per heavy atom. The first-order valence-electron chi connectivity index (χ1n) is 8.42. The van der Waals surface area contributed by atoms with Crippen molar-refractivity contribution in [3.05, 3.63) is 70.3 Å². The summed E-state index contributed by atoms with van der Waals surface area (Å²) in [5, 5.41) is 13.8. The Morgan fingerprint density at radius 2 is 1.96 bits per heavy atom. The van der Waals surface area contributed by atoms with Gasteiger partial charge in [0.1, 0.15) is 0 Å². The lowest BCUT2D eigenvalue weighted by atomic mass is 10.1. The number of carbonyl (C=O) groups excluding carboxylic acids is 1. The fraction of sp³-hybridized carbons (Fsp3) is 0.316. The van der Waals surface area contributed by atoms with E-state index in [0.29, 0.717) is 6.54 Å². The van der Waals surface area contributed by atoms with Gasteiger partial charge in [0.25, 0.3) is 5.69 Å². The number of nitro groups is 1. The summed E-state index contributed by atoms with van der Waals surface area (Å²) >= 11 is 1.76. The maximum Gasteiger partial charge on any atom is 0.317 e. The molecule has 7 heteroatoms. The van der Waals surface area contributed by atoms with Crippen molar-refractivity contribution >= 4 is 23.5 Å². The van der Waals surface area contributed by atoms with Crippen LogP contribution in [0.1, 0.15) is 24.9 Å². The van der Waals surface area contributed by atoms with E-state index in [9.17, 15) is 14.9 Å². The molecule has 1 unspecified atom stereocenters. The van der Waals surface area contributed by atoms with E-state index in [4.69, 9.17) is 0 Å². The van der Waals surface area contributed by atoms with Gasteiger partial charge in [-0.2, -0.15) is 0 Å². The minimum Gasteiger partial charge on any atom is -0.338 e. The first-order chi connectivity index (χ1) is 12.5. The highest BCUT2D eigenvalue weighted by atomic mass is 32.2. The Bertz CT molecular complexity index is 740. The van der Waals surface area contributed by atoms with Gasteiger partial charge in [-0.15, -0.1) is 11.8 Å². The van der Waals surface area contributed by atoms with Crippen LogP contribution in [-0.4, -0.2) is 35.2 Å². The van der Waals surface area contributed by atoms with Crippen LogP contribution >= 0.6 is 11.8 Å². The van der Waals surface area contributed by atoms with E-state index in [1.165, 1.54) is 17.0 Å².